The quantitative estimate of drug-likeness (QED) is 0.432. The average molecular weight is 164 g/mol. The van der Waals surface area contributed by atoms with Crippen LogP contribution in [-0.4, -0.2) is 45.5 Å². The molecule has 0 spiro atoms. The van der Waals surface area contributed by atoms with Crippen molar-refractivity contribution in [1.29, 1.82) is 0 Å². The number of rotatable bonds is 1. The molecule has 2 N–H and O–H groups in total. The zero-order valence-corrected chi connectivity index (χ0v) is 8.35. The predicted octanol–water partition coefficient (Wildman–Crippen LogP) is 0.330. The van der Waals surface area contributed by atoms with Gasteiger partial charge in [0.2, 0.25) is 0 Å². The van der Waals surface area contributed by atoms with Crippen molar-refractivity contribution in [3.05, 3.63) is 0 Å². The molecule has 0 amide bonds. The molecule has 0 aromatic carbocycles. The summed E-state index contributed by atoms with van der Waals surface area (Å²) in [5.41, 5.74) is 0. The molecule has 0 aliphatic heterocycles. The van der Waals surface area contributed by atoms with Crippen molar-refractivity contribution in [2.45, 2.75) is 17.0 Å². The van der Waals surface area contributed by atoms with Gasteiger partial charge in [0.1, 0.15) is 0 Å². The van der Waals surface area contributed by atoms with Crippen molar-refractivity contribution in [1.82, 2.24) is 0 Å². The van der Waals surface area contributed by atoms with Crippen LogP contribution in [0.25, 0.3) is 0 Å². The maximum Gasteiger partial charge on any atom is 0.394 e. The van der Waals surface area contributed by atoms with Crippen LogP contribution in [0.3, 0.4) is 0 Å². The SMILES string of the molecule is CC[CH2][Na].O=S(=O)(O)O. The average Bonchev–Trinajstić information content (AvgIpc) is 1.61. The molecule has 0 bridgehead atoms. The van der Waals surface area contributed by atoms with Gasteiger partial charge in [0.05, 0.1) is 0 Å². The van der Waals surface area contributed by atoms with E-state index in [0.717, 1.165) is 0 Å². The second kappa shape index (κ2) is 6.98. The summed E-state index contributed by atoms with van der Waals surface area (Å²) in [5.74, 6) is 0. The van der Waals surface area contributed by atoms with Gasteiger partial charge in [-0.2, -0.15) is 8.42 Å². The summed E-state index contributed by atoms with van der Waals surface area (Å²) in [5, 5.41) is 0. The molecule has 0 saturated heterocycles. The second-order valence-electron chi connectivity index (χ2n) is 1.45. The Hall–Kier alpha value is 0.870. The van der Waals surface area contributed by atoms with Crippen molar-refractivity contribution in [2.24, 2.45) is 0 Å². The Morgan fingerprint density at radius 2 is 1.56 bits per heavy atom. The van der Waals surface area contributed by atoms with Crippen LogP contribution >= 0.6 is 0 Å². The van der Waals surface area contributed by atoms with Crippen molar-refractivity contribution in [3.63, 3.8) is 0 Å². The van der Waals surface area contributed by atoms with Crippen molar-refractivity contribution < 1.29 is 17.5 Å². The molecule has 0 fully saturated rings. The minimum absolute atomic E-state index is 1.38. The summed E-state index contributed by atoms with van der Waals surface area (Å²) in [4.78, 5) is 0. The molecule has 0 aromatic heterocycles. The molecule has 0 heterocycles. The summed E-state index contributed by atoms with van der Waals surface area (Å²) in [6.07, 6.45) is 1.38. The maximum atomic E-state index is 8.74. The first-order valence-electron chi connectivity index (χ1n) is 2.61. The topological polar surface area (TPSA) is 74.6 Å². The van der Waals surface area contributed by atoms with Crippen molar-refractivity contribution >= 4 is 38.3 Å². The van der Waals surface area contributed by atoms with E-state index in [4.69, 9.17) is 17.5 Å². The summed E-state index contributed by atoms with van der Waals surface area (Å²) < 4.78 is 33.0. The first-order chi connectivity index (χ1) is 3.91. The zero-order chi connectivity index (χ0) is 7.91. The molecule has 0 aliphatic carbocycles. The van der Waals surface area contributed by atoms with Gasteiger partial charge in [-0.3, -0.25) is 9.11 Å². The van der Waals surface area contributed by atoms with E-state index in [0.29, 0.717) is 0 Å². The summed E-state index contributed by atoms with van der Waals surface area (Å²) >= 11 is 1.39. The van der Waals surface area contributed by atoms with Gasteiger partial charge in [-0.15, -0.1) is 0 Å². The monoisotopic (exact) mass is 164 g/mol. The van der Waals surface area contributed by atoms with Crippen molar-refractivity contribution in [3.8, 4) is 0 Å². The Bertz CT molecular complexity index is 119. The third-order valence-electron chi connectivity index (χ3n) is 0.500. The van der Waals surface area contributed by atoms with E-state index in [-0.39, 0.29) is 0 Å². The van der Waals surface area contributed by atoms with Crippen LogP contribution in [0, 0.1) is 0 Å². The zero-order valence-electron chi connectivity index (χ0n) is 5.53. The molecule has 6 heteroatoms. The van der Waals surface area contributed by atoms with Crippen LogP contribution in [0.15, 0.2) is 0 Å². The number of hydrogen-bond donors (Lipinski definition) is 2. The van der Waals surface area contributed by atoms with Gasteiger partial charge in [-0.25, -0.2) is 0 Å². The van der Waals surface area contributed by atoms with Gasteiger partial charge in [0.15, 0.2) is 0 Å². The molecule has 0 saturated carbocycles. The summed E-state index contributed by atoms with van der Waals surface area (Å²) in [6, 6.07) is 0. The smallest absolute Gasteiger partial charge is 0.264 e. The first kappa shape index (κ1) is 12.5. The normalized spacial score (nSPS) is 9.89. The van der Waals surface area contributed by atoms with E-state index in [2.05, 4.69) is 6.92 Å². The molecule has 9 heavy (non-hydrogen) atoms. The van der Waals surface area contributed by atoms with E-state index >= 15 is 0 Å². The third kappa shape index (κ3) is 120. The fraction of sp³-hybridized carbons (Fsp3) is 1.00. The van der Waals surface area contributed by atoms with E-state index in [1.807, 2.05) is 0 Å². The Balaban J connectivity index is 0. The Kier molecular flexibility index (Phi) is 9.73. The minimum atomic E-state index is -4.67. The molecule has 52 valence electrons. The fourth-order valence-corrected chi connectivity index (χ4v) is 0. The van der Waals surface area contributed by atoms with Gasteiger partial charge < -0.3 is 0 Å². The maximum absolute atomic E-state index is 8.74. The molecule has 0 rings (SSSR count). The van der Waals surface area contributed by atoms with E-state index in [9.17, 15) is 0 Å². The van der Waals surface area contributed by atoms with Crippen LogP contribution < -0.4 is 0 Å². The molecular formula is C3H9NaO4S. The molecule has 0 radical (unpaired) electrons. The molecular weight excluding hydrogens is 155 g/mol. The van der Waals surface area contributed by atoms with E-state index in [1.54, 1.807) is 0 Å². The van der Waals surface area contributed by atoms with Crippen LogP contribution in [0.1, 0.15) is 13.3 Å². The Labute approximate surface area is 72.6 Å². The van der Waals surface area contributed by atoms with Crippen LogP contribution in [-0.2, 0) is 10.4 Å². The van der Waals surface area contributed by atoms with Gasteiger partial charge >= 0.3 is 55.3 Å². The van der Waals surface area contributed by atoms with E-state index < -0.39 is 10.4 Å². The second-order valence-corrected chi connectivity index (χ2v) is 3.34. The van der Waals surface area contributed by atoms with E-state index in [1.165, 1.54) is 38.0 Å². The minimum Gasteiger partial charge on any atom is -0.264 e. The molecule has 0 unspecified atom stereocenters. The molecule has 0 aromatic rings. The van der Waals surface area contributed by atoms with Crippen LogP contribution in [0.5, 0.6) is 0 Å². The predicted molar refractivity (Wildman–Crippen MR) is 35.0 cm³/mol. The van der Waals surface area contributed by atoms with Gasteiger partial charge in [0, 0.05) is 0 Å². The van der Waals surface area contributed by atoms with Gasteiger partial charge in [-0.05, 0) is 0 Å². The fourth-order valence-electron chi connectivity index (χ4n) is 0. The van der Waals surface area contributed by atoms with Crippen LogP contribution in [0.4, 0.5) is 0 Å². The van der Waals surface area contributed by atoms with Crippen LogP contribution in [0.2, 0.25) is 3.67 Å². The van der Waals surface area contributed by atoms with Crippen molar-refractivity contribution in [2.75, 3.05) is 0 Å². The molecule has 0 aliphatic rings. The summed E-state index contributed by atoms with van der Waals surface area (Å²) in [6.45, 7) is 2.22. The van der Waals surface area contributed by atoms with Gasteiger partial charge in [-0.1, -0.05) is 0 Å². The Morgan fingerprint density at radius 1 is 1.44 bits per heavy atom. The van der Waals surface area contributed by atoms with Gasteiger partial charge in [0.25, 0.3) is 0 Å². The molecule has 4 nitrogen and oxygen atoms in total. The third-order valence-corrected chi connectivity index (χ3v) is 1.50. The largest absolute Gasteiger partial charge is 0.394 e. The standard InChI is InChI=1S/C3H7.Na.H2O4S/c1-3-2;;1-5(2,3)4/h1,3H2,2H3;;(H2,1,2,3,4). The molecule has 0 atom stereocenters. The number of hydrogen-bond acceptors (Lipinski definition) is 2. The Morgan fingerprint density at radius 3 is 1.56 bits per heavy atom. The first-order valence-corrected chi connectivity index (χ1v) is 5.42. The summed E-state index contributed by atoms with van der Waals surface area (Å²) in [7, 11) is -4.67.